The molecule has 4 heteroatoms. The SMILES string of the molecule is O=C(CCC1CC1)NCC1CNCC1O. The minimum Gasteiger partial charge on any atom is -0.391 e. The molecule has 0 bridgehead atoms. The first-order chi connectivity index (χ1) is 7.25. The van der Waals surface area contributed by atoms with Gasteiger partial charge in [0.15, 0.2) is 0 Å². The van der Waals surface area contributed by atoms with Crippen molar-refractivity contribution in [3.05, 3.63) is 0 Å². The Morgan fingerprint density at radius 3 is 2.80 bits per heavy atom. The topological polar surface area (TPSA) is 61.4 Å². The molecule has 0 aromatic heterocycles. The van der Waals surface area contributed by atoms with Crippen molar-refractivity contribution in [3.8, 4) is 0 Å². The molecule has 2 unspecified atom stereocenters. The Kier molecular flexibility index (Phi) is 3.59. The molecule has 2 rings (SSSR count). The Balaban J connectivity index is 1.57. The van der Waals surface area contributed by atoms with E-state index in [0.29, 0.717) is 19.5 Å². The van der Waals surface area contributed by atoms with E-state index in [1.54, 1.807) is 0 Å². The van der Waals surface area contributed by atoms with E-state index in [0.717, 1.165) is 18.9 Å². The third-order valence-corrected chi connectivity index (χ3v) is 3.34. The van der Waals surface area contributed by atoms with Gasteiger partial charge >= 0.3 is 0 Å². The Labute approximate surface area is 90.4 Å². The molecular formula is C11H20N2O2. The van der Waals surface area contributed by atoms with Crippen molar-refractivity contribution in [2.45, 2.75) is 31.8 Å². The summed E-state index contributed by atoms with van der Waals surface area (Å²) in [6.45, 7) is 2.07. The summed E-state index contributed by atoms with van der Waals surface area (Å²) < 4.78 is 0. The number of rotatable bonds is 5. The summed E-state index contributed by atoms with van der Waals surface area (Å²) in [5.41, 5.74) is 0. The van der Waals surface area contributed by atoms with Gasteiger partial charge in [0.05, 0.1) is 6.10 Å². The minimum absolute atomic E-state index is 0.140. The lowest BCUT2D eigenvalue weighted by atomic mass is 10.1. The highest BCUT2D eigenvalue weighted by atomic mass is 16.3. The fourth-order valence-corrected chi connectivity index (χ4v) is 2.00. The van der Waals surface area contributed by atoms with Gasteiger partial charge in [-0.3, -0.25) is 4.79 Å². The van der Waals surface area contributed by atoms with Gasteiger partial charge in [-0.05, 0) is 12.3 Å². The van der Waals surface area contributed by atoms with Gasteiger partial charge in [-0.15, -0.1) is 0 Å². The van der Waals surface area contributed by atoms with Crippen LogP contribution in [0.3, 0.4) is 0 Å². The van der Waals surface area contributed by atoms with E-state index in [1.807, 2.05) is 0 Å². The highest BCUT2D eigenvalue weighted by molar-refractivity contribution is 5.75. The molecule has 0 spiro atoms. The van der Waals surface area contributed by atoms with Crippen LogP contribution in [0.15, 0.2) is 0 Å². The molecule has 4 nitrogen and oxygen atoms in total. The van der Waals surface area contributed by atoms with Crippen molar-refractivity contribution in [3.63, 3.8) is 0 Å². The van der Waals surface area contributed by atoms with E-state index < -0.39 is 0 Å². The van der Waals surface area contributed by atoms with Gasteiger partial charge in [0.25, 0.3) is 0 Å². The van der Waals surface area contributed by atoms with E-state index in [9.17, 15) is 9.90 Å². The summed E-state index contributed by atoms with van der Waals surface area (Å²) in [5, 5.41) is 15.5. The van der Waals surface area contributed by atoms with Crippen LogP contribution in [-0.2, 0) is 4.79 Å². The molecule has 1 aliphatic carbocycles. The van der Waals surface area contributed by atoms with Crippen LogP contribution in [-0.4, -0.2) is 36.8 Å². The number of nitrogens with one attached hydrogen (secondary N) is 2. The van der Waals surface area contributed by atoms with E-state index in [-0.39, 0.29) is 17.9 Å². The van der Waals surface area contributed by atoms with Crippen molar-refractivity contribution in [1.82, 2.24) is 10.6 Å². The molecule has 2 fully saturated rings. The van der Waals surface area contributed by atoms with Crippen LogP contribution in [0.25, 0.3) is 0 Å². The molecular weight excluding hydrogens is 192 g/mol. The molecule has 1 amide bonds. The molecule has 0 aromatic rings. The maximum absolute atomic E-state index is 11.4. The van der Waals surface area contributed by atoms with Crippen molar-refractivity contribution < 1.29 is 9.90 Å². The summed E-state index contributed by atoms with van der Waals surface area (Å²) >= 11 is 0. The molecule has 1 saturated heterocycles. The van der Waals surface area contributed by atoms with Crippen molar-refractivity contribution >= 4 is 5.91 Å². The van der Waals surface area contributed by atoms with Crippen LogP contribution < -0.4 is 10.6 Å². The number of aliphatic hydroxyl groups excluding tert-OH is 1. The predicted molar refractivity (Wildman–Crippen MR) is 57.3 cm³/mol. The first kappa shape index (κ1) is 10.9. The van der Waals surface area contributed by atoms with Gasteiger partial charge in [0.2, 0.25) is 5.91 Å². The fraction of sp³-hybridized carbons (Fsp3) is 0.909. The molecule has 0 radical (unpaired) electrons. The molecule has 2 atom stereocenters. The quantitative estimate of drug-likeness (QED) is 0.595. The lowest BCUT2D eigenvalue weighted by Crippen LogP contribution is -2.34. The van der Waals surface area contributed by atoms with Gasteiger partial charge in [0.1, 0.15) is 0 Å². The smallest absolute Gasteiger partial charge is 0.220 e. The summed E-state index contributed by atoms with van der Waals surface area (Å²) in [6.07, 6.45) is 4.00. The lowest BCUT2D eigenvalue weighted by Gasteiger charge is -2.13. The maximum Gasteiger partial charge on any atom is 0.220 e. The summed E-state index contributed by atoms with van der Waals surface area (Å²) in [4.78, 5) is 11.4. The van der Waals surface area contributed by atoms with Gasteiger partial charge in [0, 0.05) is 32.0 Å². The van der Waals surface area contributed by atoms with Crippen molar-refractivity contribution in [2.75, 3.05) is 19.6 Å². The summed E-state index contributed by atoms with van der Waals surface area (Å²) in [5.74, 6) is 1.14. The van der Waals surface area contributed by atoms with Gasteiger partial charge in [-0.2, -0.15) is 0 Å². The molecule has 0 aromatic carbocycles. The Morgan fingerprint density at radius 1 is 1.40 bits per heavy atom. The molecule has 3 N–H and O–H groups in total. The first-order valence-corrected chi connectivity index (χ1v) is 5.91. The lowest BCUT2D eigenvalue weighted by molar-refractivity contribution is -0.121. The second-order valence-corrected chi connectivity index (χ2v) is 4.77. The molecule has 15 heavy (non-hydrogen) atoms. The van der Waals surface area contributed by atoms with Crippen LogP contribution in [0.5, 0.6) is 0 Å². The predicted octanol–water partition coefficient (Wildman–Crippen LogP) is -0.127. The largest absolute Gasteiger partial charge is 0.391 e. The maximum atomic E-state index is 11.4. The van der Waals surface area contributed by atoms with Crippen LogP contribution >= 0.6 is 0 Å². The third kappa shape index (κ3) is 3.47. The molecule has 2 aliphatic rings. The average Bonchev–Trinajstić information content (AvgIpc) is 2.96. The number of hydrogen-bond donors (Lipinski definition) is 3. The number of carbonyl (C=O) groups is 1. The molecule has 1 saturated carbocycles. The summed E-state index contributed by atoms with van der Waals surface area (Å²) in [6, 6.07) is 0. The van der Waals surface area contributed by atoms with Crippen molar-refractivity contribution in [1.29, 1.82) is 0 Å². The minimum atomic E-state index is -0.297. The Morgan fingerprint density at radius 2 is 2.20 bits per heavy atom. The van der Waals surface area contributed by atoms with Gasteiger partial charge < -0.3 is 15.7 Å². The summed E-state index contributed by atoms with van der Waals surface area (Å²) in [7, 11) is 0. The zero-order chi connectivity index (χ0) is 10.7. The van der Waals surface area contributed by atoms with Crippen LogP contribution in [0.2, 0.25) is 0 Å². The van der Waals surface area contributed by atoms with Crippen LogP contribution in [0.4, 0.5) is 0 Å². The second kappa shape index (κ2) is 4.94. The monoisotopic (exact) mass is 212 g/mol. The average molecular weight is 212 g/mol. The van der Waals surface area contributed by atoms with Crippen molar-refractivity contribution in [2.24, 2.45) is 11.8 Å². The zero-order valence-electron chi connectivity index (χ0n) is 9.04. The van der Waals surface area contributed by atoms with E-state index in [1.165, 1.54) is 12.8 Å². The number of carbonyl (C=O) groups excluding carboxylic acids is 1. The second-order valence-electron chi connectivity index (χ2n) is 4.77. The molecule has 86 valence electrons. The Hall–Kier alpha value is -0.610. The van der Waals surface area contributed by atoms with E-state index in [4.69, 9.17) is 0 Å². The van der Waals surface area contributed by atoms with Gasteiger partial charge in [-0.25, -0.2) is 0 Å². The highest BCUT2D eigenvalue weighted by Gasteiger charge is 2.25. The first-order valence-electron chi connectivity index (χ1n) is 5.91. The van der Waals surface area contributed by atoms with Crippen LogP contribution in [0.1, 0.15) is 25.7 Å². The number of hydrogen-bond acceptors (Lipinski definition) is 3. The zero-order valence-corrected chi connectivity index (χ0v) is 9.04. The van der Waals surface area contributed by atoms with E-state index >= 15 is 0 Å². The fourth-order valence-electron chi connectivity index (χ4n) is 2.00. The third-order valence-electron chi connectivity index (χ3n) is 3.34. The van der Waals surface area contributed by atoms with E-state index in [2.05, 4.69) is 10.6 Å². The number of β-amino-alcohol motifs (C(OH)–C–C–N with tert-alkyl or cyclic N) is 1. The van der Waals surface area contributed by atoms with Crippen LogP contribution in [0, 0.1) is 11.8 Å². The number of amides is 1. The highest BCUT2D eigenvalue weighted by Crippen LogP contribution is 2.33. The number of aliphatic hydroxyl groups is 1. The molecule has 1 aliphatic heterocycles. The normalized spacial score (nSPS) is 30.5. The van der Waals surface area contributed by atoms with Gasteiger partial charge in [-0.1, -0.05) is 12.8 Å². The Bertz CT molecular complexity index is 229. The standard InChI is InChI=1S/C11H20N2O2/c14-10-7-12-5-9(10)6-13-11(15)4-3-8-1-2-8/h8-10,12,14H,1-7H2,(H,13,15). The molecule has 1 heterocycles.